The van der Waals surface area contributed by atoms with Crippen LogP contribution >= 0.6 is 15.9 Å². The number of rotatable bonds is 2. The predicted octanol–water partition coefficient (Wildman–Crippen LogP) is 3.64. The van der Waals surface area contributed by atoms with Crippen LogP contribution in [0.4, 0.5) is 5.69 Å². The molecule has 27 heavy (non-hydrogen) atoms. The van der Waals surface area contributed by atoms with Crippen LogP contribution in [0.3, 0.4) is 0 Å². The van der Waals surface area contributed by atoms with Crippen LogP contribution in [0, 0.1) is 0 Å². The van der Waals surface area contributed by atoms with Gasteiger partial charge in [-0.05, 0) is 34.1 Å². The Morgan fingerprint density at radius 3 is 1.96 bits per heavy atom. The molecular formula is C20H12BrNO4S. The van der Waals surface area contributed by atoms with Crippen LogP contribution in [0.25, 0.3) is 0 Å². The Morgan fingerprint density at radius 1 is 0.778 bits per heavy atom. The minimum absolute atomic E-state index is 0.0225. The molecule has 134 valence electrons. The zero-order valence-corrected chi connectivity index (χ0v) is 16.2. The first kappa shape index (κ1) is 17.6. The highest BCUT2D eigenvalue weighted by Crippen LogP contribution is 2.40. The number of hydrogen-bond acceptors (Lipinski definition) is 5. The van der Waals surface area contributed by atoms with E-state index in [-0.39, 0.29) is 48.0 Å². The quantitative estimate of drug-likeness (QED) is 0.479. The van der Waals surface area contributed by atoms with Gasteiger partial charge in [0.2, 0.25) is 9.84 Å². The van der Waals surface area contributed by atoms with E-state index in [0.29, 0.717) is 0 Å². The van der Waals surface area contributed by atoms with Crippen LogP contribution in [0.5, 0.6) is 0 Å². The number of hydrogen-bond donors (Lipinski definition) is 1. The number of anilines is 1. The molecule has 0 heterocycles. The Hall–Kier alpha value is -2.77. The largest absolute Gasteiger partial charge is 0.397 e. The molecule has 1 aliphatic rings. The van der Waals surface area contributed by atoms with Crippen molar-refractivity contribution in [1.29, 1.82) is 0 Å². The van der Waals surface area contributed by atoms with Gasteiger partial charge in [0.15, 0.2) is 11.6 Å². The monoisotopic (exact) mass is 441 g/mol. The van der Waals surface area contributed by atoms with Crippen LogP contribution in [0.15, 0.2) is 74.9 Å². The fourth-order valence-electron chi connectivity index (χ4n) is 3.15. The summed E-state index contributed by atoms with van der Waals surface area (Å²) in [4.78, 5) is 25.6. The summed E-state index contributed by atoms with van der Waals surface area (Å²) in [6.45, 7) is 0. The first-order chi connectivity index (χ1) is 12.8. The molecule has 0 spiro atoms. The minimum Gasteiger partial charge on any atom is -0.397 e. The van der Waals surface area contributed by atoms with E-state index < -0.39 is 15.6 Å². The number of sulfone groups is 1. The smallest absolute Gasteiger partial charge is 0.208 e. The second kappa shape index (κ2) is 6.14. The molecule has 0 atom stereocenters. The third-order valence-corrected chi connectivity index (χ3v) is 7.13. The topological polar surface area (TPSA) is 94.3 Å². The summed E-state index contributed by atoms with van der Waals surface area (Å²) in [6.07, 6.45) is 0. The van der Waals surface area contributed by atoms with Gasteiger partial charge < -0.3 is 5.73 Å². The second-order valence-electron chi connectivity index (χ2n) is 6.05. The number of fused-ring (bicyclic) bond motifs is 2. The molecule has 4 rings (SSSR count). The summed E-state index contributed by atoms with van der Waals surface area (Å²) in [6, 6.07) is 15.4. The first-order valence-electron chi connectivity index (χ1n) is 7.94. The molecule has 0 saturated carbocycles. The Kier molecular flexibility index (Phi) is 4.01. The summed E-state index contributed by atoms with van der Waals surface area (Å²) in [5, 5.41) is 0. The van der Waals surface area contributed by atoms with E-state index in [1.165, 1.54) is 18.2 Å². The number of carbonyl (C=O) groups is 2. The molecule has 5 nitrogen and oxygen atoms in total. The van der Waals surface area contributed by atoms with E-state index in [1.54, 1.807) is 42.5 Å². The highest BCUT2D eigenvalue weighted by Gasteiger charge is 2.35. The number of nitrogens with two attached hydrogens (primary N) is 1. The average Bonchev–Trinajstić information content (AvgIpc) is 2.68. The van der Waals surface area contributed by atoms with Crippen molar-refractivity contribution < 1.29 is 18.0 Å². The molecule has 1 aliphatic carbocycles. The minimum atomic E-state index is -3.96. The zero-order chi connectivity index (χ0) is 19.3. The van der Waals surface area contributed by atoms with E-state index in [2.05, 4.69) is 15.9 Å². The molecule has 0 aromatic heterocycles. The van der Waals surface area contributed by atoms with Crippen LogP contribution in [0.2, 0.25) is 0 Å². The highest BCUT2D eigenvalue weighted by molar-refractivity contribution is 9.10. The van der Waals surface area contributed by atoms with Crippen molar-refractivity contribution in [1.82, 2.24) is 0 Å². The van der Waals surface area contributed by atoms with Crippen LogP contribution in [-0.4, -0.2) is 20.0 Å². The molecule has 0 unspecified atom stereocenters. The lowest BCUT2D eigenvalue weighted by molar-refractivity contribution is 0.0978. The number of halogens is 1. The maximum Gasteiger partial charge on any atom is 0.208 e. The van der Waals surface area contributed by atoms with E-state index in [0.717, 1.165) is 0 Å². The van der Waals surface area contributed by atoms with Gasteiger partial charge in [-0.2, -0.15) is 0 Å². The Labute approximate surface area is 163 Å². The van der Waals surface area contributed by atoms with Crippen molar-refractivity contribution >= 4 is 43.0 Å². The van der Waals surface area contributed by atoms with Gasteiger partial charge in [-0.3, -0.25) is 9.59 Å². The summed E-state index contributed by atoms with van der Waals surface area (Å²) in [7, 11) is -3.96. The third-order valence-electron chi connectivity index (χ3n) is 4.50. The molecule has 0 amide bonds. The van der Waals surface area contributed by atoms with Crippen LogP contribution in [-0.2, 0) is 9.84 Å². The lowest BCUT2D eigenvalue weighted by atomic mass is 9.84. The Balaban J connectivity index is 2.01. The van der Waals surface area contributed by atoms with Gasteiger partial charge >= 0.3 is 0 Å². The summed E-state index contributed by atoms with van der Waals surface area (Å²) >= 11 is 3.24. The molecule has 3 aromatic carbocycles. The second-order valence-corrected chi connectivity index (χ2v) is 8.76. The molecule has 2 N–H and O–H groups in total. The molecule has 0 fully saturated rings. The number of ketones is 2. The van der Waals surface area contributed by atoms with Crippen molar-refractivity contribution in [3.8, 4) is 0 Å². The van der Waals surface area contributed by atoms with E-state index in [4.69, 9.17) is 5.73 Å². The fraction of sp³-hybridized carbons (Fsp3) is 0. The maximum atomic E-state index is 13.0. The normalized spacial score (nSPS) is 13.2. The van der Waals surface area contributed by atoms with Gasteiger partial charge in [-0.15, -0.1) is 0 Å². The van der Waals surface area contributed by atoms with Gasteiger partial charge in [0.1, 0.15) is 0 Å². The highest BCUT2D eigenvalue weighted by atomic mass is 79.9. The molecule has 0 bridgehead atoms. The molecule has 0 radical (unpaired) electrons. The number of nitrogen functional groups attached to an aromatic ring is 1. The Bertz CT molecular complexity index is 1230. The van der Waals surface area contributed by atoms with E-state index in [9.17, 15) is 18.0 Å². The molecule has 3 aromatic rings. The van der Waals surface area contributed by atoms with Crippen LogP contribution < -0.4 is 5.73 Å². The van der Waals surface area contributed by atoms with Crippen molar-refractivity contribution in [2.75, 3.05) is 5.73 Å². The van der Waals surface area contributed by atoms with Gasteiger partial charge in [0.25, 0.3) is 0 Å². The van der Waals surface area contributed by atoms with Crippen molar-refractivity contribution in [3.05, 3.63) is 87.4 Å². The lowest BCUT2D eigenvalue weighted by Crippen LogP contribution is -2.23. The third kappa shape index (κ3) is 2.54. The summed E-state index contributed by atoms with van der Waals surface area (Å²) in [5.74, 6) is -0.784. The summed E-state index contributed by atoms with van der Waals surface area (Å²) < 4.78 is 26.2. The van der Waals surface area contributed by atoms with E-state index >= 15 is 0 Å². The molecule has 0 aliphatic heterocycles. The molecular weight excluding hydrogens is 430 g/mol. The standard InChI is InChI=1S/C20H12BrNO4S/c21-17-16-14(19(23)12-8-4-5-9-13(12)20(16)24)10-15(18(17)22)27(25,26)11-6-2-1-3-7-11/h1-10H,22H2. The average molecular weight is 442 g/mol. The number of benzene rings is 3. The maximum absolute atomic E-state index is 13.0. The van der Waals surface area contributed by atoms with Gasteiger partial charge in [-0.1, -0.05) is 42.5 Å². The van der Waals surface area contributed by atoms with Gasteiger partial charge in [-0.25, -0.2) is 8.42 Å². The predicted molar refractivity (Wildman–Crippen MR) is 104 cm³/mol. The zero-order valence-electron chi connectivity index (χ0n) is 13.8. The SMILES string of the molecule is Nc1c(S(=O)(=O)c2ccccc2)cc2c(c1Br)C(=O)c1ccccc1C2=O. The van der Waals surface area contributed by atoms with E-state index in [1.807, 2.05) is 0 Å². The van der Waals surface area contributed by atoms with Crippen molar-refractivity contribution in [3.63, 3.8) is 0 Å². The van der Waals surface area contributed by atoms with Crippen molar-refractivity contribution in [2.24, 2.45) is 0 Å². The van der Waals surface area contributed by atoms with Crippen molar-refractivity contribution in [2.45, 2.75) is 9.79 Å². The molecule has 0 saturated heterocycles. The fourth-order valence-corrected chi connectivity index (χ4v) is 5.32. The number of carbonyl (C=O) groups excluding carboxylic acids is 2. The molecule has 7 heteroatoms. The first-order valence-corrected chi connectivity index (χ1v) is 10.2. The Morgan fingerprint density at radius 2 is 1.33 bits per heavy atom. The summed E-state index contributed by atoms with van der Waals surface area (Å²) in [5.41, 5.74) is 6.60. The van der Waals surface area contributed by atoms with Crippen LogP contribution in [0.1, 0.15) is 31.8 Å². The van der Waals surface area contributed by atoms with Gasteiger partial charge in [0.05, 0.1) is 25.5 Å². The van der Waals surface area contributed by atoms with Gasteiger partial charge in [0, 0.05) is 16.7 Å². The lowest BCUT2D eigenvalue weighted by Gasteiger charge is -2.21.